The fourth-order valence-corrected chi connectivity index (χ4v) is 3.39. The van der Waals surface area contributed by atoms with Gasteiger partial charge in [-0.3, -0.25) is 0 Å². The molecule has 6 heteroatoms. The van der Waals surface area contributed by atoms with Crippen LogP contribution in [-0.2, 0) is 5.75 Å². The molecule has 0 bridgehead atoms. The standard InChI is InChI=1S/C19H23ClN2OS2/c1-2-23-18-10-8-17(9-11-18)22-19(24)21-12-3-13-25-14-15-4-6-16(20)7-5-15/h4-11H,2-3,12-14H2,1H3,(H2,21,22,24). The molecule has 0 heterocycles. The van der Waals surface area contributed by atoms with Gasteiger partial charge in [0, 0.05) is 23.0 Å². The van der Waals surface area contributed by atoms with Crippen LogP contribution in [0.2, 0.25) is 5.02 Å². The van der Waals surface area contributed by atoms with Crippen molar-refractivity contribution in [2.75, 3.05) is 24.2 Å². The third-order valence-electron chi connectivity index (χ3n) is 3.36. The van der Waals surface area contributed by atoms with Crippen LogP contribution in [0, 0.1) is 0 Å². The molecule has 0 atom stereocenters. The Morgan fingerprint density at radius 3 is 2.52 bits per heavy atom. The number of hydrogen-bond donors (Lipinski definition) is 2. The van der Waals surface area contributed by atoms with E-state index in [4.69, 9.17) is 28.6 Å². The van der Waals surface area contributed by atoms with Crippen molar-refractivity contribution in [1.29, 1.82) is 0 Å². The summed E-state index contributed by atoms with van der Waals surface area (Å²) in [5.41, 5.74) is 2.26. The number of ether oxygens (including phenoxy) is 1. The lowest BCUT2D eigenvalue weighted by Crippen LogP contribution is -2.29. The molecule has 25 heavy (non-hydrogen) atoms. The maximum absolute atomic E-state index is 5.88. The molecule has 2 aromatic carbocycles. The zero-order valence-corrected chi connectivity index (χ0v) is 16.6. The highest BCUT2D eigenvalue weighted by molar-refractivity contribution is 7.98. The summed E-state index contributed by atoms with van der Waals surface area (Å²) in [6.07, 6.45) is 1.06. The van der Waals surface area contributed by atoms with Gasteiger partial charge in [-0.2, -0.15) is 11.8 Å². The second kappa shape index (κ2) is 11.2. The van der Waals surface area contributed by atoms with Crippen LogP contribution < -0.4 is 15.4 Å². The zero-order valence-electron chi connectivity index (χ0n) is 14.3. The first-order chi connectivity index (χ1) is 12.2. The Morgan fingerprint density at radius 1 is 1.12 bits per heavy atom. The Hall–Kier alpha value is -1.43. The van der Waals surface area contributed by atoms with Gasteiger partial charge in [0.1, 0.15) is 5.75 Å². The number of nitrogens with one attached hydrogen (secondary N) is 2. The first kappa shape index (κ1) is 19.9. The molecule has 0 spiro atoms. The van der Waals surface area contributed by atoms with Crippen molar-refractivity contribution in [3.63, 3.8) is 0 Å². The summed E-state index contributed by atoms with van der Waals surface area (Å²) in [7, 11) is 0. The topological polar surface area (TPSA) is 33.3 Å². The Bertz CT molecular complexity index is 647. The molecule has 0 radical (unpaired) electrons. The van der Waals surface area contributed by atoms with E-state index >= 15 is 0 Å². The molecule has 0 unspecified atom stereocenters. The lowest BCUT2D eigenvalue weighted by molar-refractivity contribution is 0.340. The van der Waals surface area contributed by atoms with Gasteiger partial charge >= 0.3 is 0 Å². The molecular weight excluding hydrogens is 372 g/mol. The largest absolute Gasteiger partial charge is 0.494 e. The van der Waals surface area contributed by atoms with Gasteiger partial charge in [-0.05, 0) is 73.3 Å². The summed E-state index contributed by atoms with van der Waals surface area (Å²) in [6, 6.07) is 15.8. The van der Waals surface area contributed by atoms with E-state index in [0.717, 1.165) is 40.9 Å². The molecule has 2 N–H and O–H groups in total. The minimum Gasteiger partial charge on any atom is -0.494 e. The average molecular weight is 395 g/mol. The number of thiocarbonyl (C=S) groups is 1. The quantitative estimate of drug-likeness (QED) is 0.442. The minimum absolute atomic E-state index is 0.645. The highest BCUT2D eigenvalue weighted by Crippen LogP contribution is 2.16. The van der Waals surface area contributed by atoms with E-state index in [-0.39, 0.29) is 0 Å². The van der Waals surface area contributed by atoms with E-state index in [9.17, 15) is 0 Å². The number of thioether (sulfide) groups is 1. The number of benzene rings is 2. The van der Waals surface area contributed by atoms with Crippen LogP contribution >= 0.6 is 35.6 Å². The smallest absolute Gasteiger partial charge is 0.170 e. The van der Waals surface area contributed by atoms with Crippen LogP contribution in [0.4, 0.5) is 5.69 Å². The molecule has 2 aromatic rings. The van der Waals surface area contributed by atoms with Crippen LogP contribution in [0.5, 0.6) is 5.75 Å². The van der Waals surface area contributed by atoms with Crippen molar-refractivity contribution in [1.82, 2.24) is 5.32 Å². The maximum Gasteiger partial charge on any atom is 0.170 e. The first-order valence-corrected chi connectivity index (χ1v) is 10.2. The van der Waals surface area contributed by atoms with E-state index in [2.05, 4.69) is 22.8 Å². The Morgan fingerprint density at radius 2 is 1.84 bits per heavy atom. The van der Waals surface area contributed by atoms with Crippen LogP contribution in [0.25, 0.3) is 0 Å². The molecule has 3 nitrogen and oxygen atoms in total. The van der Waals surface area contributed by atoms with Gasteiger partial charge in [-0.1, -0.05) is 23.7 Å². The van der Waals surface area contributed by atoms with Gasteiger partial charge in [-0.15, -0.1) is 0 Å². The summed E-state index contributed by atoms with van der Waals surface area (Å²) >= 11 is 13.1. The van der Waals surface area contributed by atoms with Crippen molar-refractivity contribution >= 4 is 46.4 Å². The van der Waals surface area contributed by atoms with E-state index in [1.165, 1.54) is 5.56 Å². The number of anilines is 1. The van der Waals surface area contributed by atoms with Gasteiger partial charge in [0.15, 0.2) is 5.11 Å². The van der Waals surface area contributed by atoms with Gasteiger partial charge in [0.25, 0.3) is 0 Å². The van der Waals surface area contributed by atoms with E-state index < -0.39 is 0 Å². The van der Waals surface area contributed by atoms with Crippen molar-refractivity contribution in [2.24, 2.45) is 0 Å². The Kier molecular flexibility index (Phi) is 8.94. The molecule has 2 rings (SSSR count). The van der Waals surface area contributed by atoms with E-state index in [1.807, 2.05) is 55.1 Å². The highest BCUT2D eigenvalue weighted by Gasteiger charge is 1.99. The van der Waals surface area contributed by atoms with Crippen molar-refractivity contribution < 1.29 is 4.74 Å². The van der Waals surface area contributed by atoms with Gasteiger partial charge in [0.05, 0.1) is 6.61 Å². The summed E-state index contributed by atoms with van der Waals surface area (Å²) < 4.78 is 5.42. The predicted octanol–water partition coefficient (Wildman–Crippen LogP) is 5.35. The number of hydrogen-bond acceptors (Lipinski definition) is 3. The zero-order chi connectivity index (χ0) is 17.9. The SMILES string of the molecule is CCOc1ccc(NC(=S)NCCCSCc2ccc(Cl)cc2)cc1. The normalized spacial score (nSPS) is 10.3. The Balaban J connectivity index is 1.56. The van der Waals surface area contributed by atoms with E-state index in [0.29, 0.717) is 11.7 Å². The molecular formula is C19H23ClN2OS2. The van der Waals surface area contributed by atoms with Gasteiger partial charge < -0.3 is 15.4 Å². The summed E-state index contributed by atoms with van der Waals surface area (Å²) in [5.74, 6) is 2.96. The number of rotatable bonds is 9. The van der Waals surface area contributed by atoms with Gasteiger partial charge in [0.2, 0.25) is 0 Å². The Labute approximate surface area is 164 Å². The lowest BCUT2D eigenvalue weighted by Gasteiger charge is -2.11. The maximum atomic E-state index is 5.88. The summed E-state index contributed by atoms with van der Waals surface area (Å²) in [5, 5.41) is 7.84. The molecule has 134 valence electrons. The molecule has 0 aliphatic carbocycles. The second-order valence-electron chi connectivity index (χ2n) is 5.37. The van der Waals surface area contributed by atoms with Crippen LogP contribution in [0.15, 0.2) is 48.5 Å². The number of halogens is 1. The molecule has 0 aliphatic rings. The third kappa shape index (κ3) is 7.99. The van der Waals surface area contributed by atoms with Crippen molar-refractivity contribution in [2.45, 2.75) is 19.1 Å². The monoisotopic (exact) mass is 394 g/mol. The second-order valence-corrected chi connectivity index (χ2v) is 7.32. The van der Waals surface area contributed by atoms with Crippen molar-refractivity contribution in [3.8, 4) is 5.75 Å². The summed E-state index contributed by atoms with van der Waals surface area (Å²) in [6.45, 7) is 3.50. The van der Waals surface area contributed by atoms with Crippen LogP contribution in [-0.4, -0.2) is 24.0 Å². The van der Waals surface area contributed by atoms with Gasteiger partial charge in [-0.25, -0.2) is 0 Å². The van der Waals surface area contributed by atoms with Crippen LogP contribution in [0.3, 0.4) is 0 Å². The average Bonchev–Trinajstić information content (AvgIpc) is 2.61. The molecule has 0 fully saturated rings. The third-order valence-corrected chi connectivity index (χ3v) is 4.97. The molecule has 0 aromatic heterocycles. The first-order valence-electron chi connectivity index (χ1n) is 8.27. The molecule has 0 saturated carbocycles. The molecule has 0 saturated heterocycles. The molecule has 0 aliphatic heterocycles. The van der Waals surface area contributed by atoms with E-state index in [1.54, 1.807) is 0 Å². The highest BCUT2D eigenvalue weighted by atomic mass is 35.5. The lowest BCUT2D eigenvalue weighted by atomic mass is 10.2. The minimum atomic E-state index is 0.645. The summed E-state index contributed by atoms with van der Waals surface area (Å²) in [4.78, 5) is 0. The predicted molar refractivity (Wildman–Crippen MR) is 114 cm³/mol. The fourth-order valence-electron chi connectivity index (χ4n) is 2.12. The van der Waals surface area contributed by atoms with Crippen LogP contribution in [0.1, 0.15) is 18.9 Å². The fraction of sp³-hybridized carbons (Fsp3) is 0.316. The van der Waals surface area contributed by atoms with Crippen molar-refractivity contribution in [3.05, 3.63) is 59.1 Å². The molecule has 0 amide bonds.